The van der Waals surface area contributed by atoms with Crippen molar-refractivity contribution in [3.8, 4) is 0 Å². The summed E-state index contributed by atoms with van der Waals surface area (Å²) in [6.07, 6.45) is 1.08. The number of rotatable bonds is 3. The molecule has 1 aliphatic rings. The van der Waals surface area contributed by atoms with E-state index < -0.39 is 8.32 Å². The average molecular weight is 294 g/mol. The topological polar surface area (TPSA) is 21.3 Å². The number of thioether (sulfide) groups is 1. The first-order chi connectivity index (χ1) is 7.66. The van der Waals surface area contributed by atoms with Crippen LogP contribution >= 0.6 is 24.4 Å². The van der Waals surface area contributed by atoms with Gasteiger partial charge in [0.1, 0.15) is 0 Å². The van der Waals surface area contributed by atoms with Crippen LogP contribution in [0.25, 0.3) is 0 Å². The highest BCUT2D eigenvalue weighted by atomic mass is 32.2. The average Bonchev–Trinajstić information content (AvgIpc) is 2.40. The Morgan fingerprint density at radius 3 is 2.59 bits per heavy atom. The van der Waals surface area contributed by atoms with E-state index >= 15 is 0 Å². The van der Waals surface area contributed by atoms with Crippen molar-refractivity contribution in [3.05, 3.63) is 0 Å². The zero-order chi connectivity index (χ0) is 13.2. The molecule has 1 fully saturated rings. The fourth-order valence-corrected chi connectivity index (χ4v) is 4.15. The predicted octanol–water partition coefficient (Wildman–Crippen LogP) is 3.36. The molecule has 5 heteroatoms. The summed E-state index contributed by atoms with van der Waals surface area (Å²) in [4.78, 5) is 0. The summed E-state index contributed by atoms with van der Waals surface area (Å²) in [6, 6.07) is 0. The Morgan fingerprint density at radius 1 is 1.35 bits per heavy atom. The summed E-state index contributed by atoms with van der Waals surface area (Å²) in [7, 11) is -1.63. The van der Waals surface area contributed by atoms with Crippen LogP contribution in [0.5, 0.6) is 0 Å². The molecule has 0 radical (unpaired) electrons. The molecule has 0 saturated carbocycles. The SMILES string of the molecule is CC(C)(C)[Si](C)(C)OC[C@]1(S)CCNCCS1. The summed E-state index contributed by atoms with van der Waals surface area (Å²) < 4.78 is 6.30. The van der Waals surface area contributed by atoms with Gasteiger partial charge in [-0.2, -0.15) is 12.6 Å². The van der Waals surface area contributed by atoms with Crippen molar-refractivity contribution in [2.75, 3.05) is 25.4 Å². The zero-order valence-corrected chi connectivity index (χ0v) is 14.5. The van der Waals surface area contributed by atoms with Gasteiger partial charge < -0.3 is 9.74 Å². The predicted molar refractivity (Wildman–Crippen MR) is 84.8 cm³/mol. The fraction of sp³-hybridized carbons (Fsp3) is 1.00. The number of hydrogen-bond acceptors (Lipinski definition) is 4. The van der Waals surface area contributed by atoms with Crippen molar-refractivity contribution in [2.24, 2.45) is 0 Å². The normalized spacial score (nSPS) is 27.9. The molecule has 1 rings (SSSR count). The van der Waals surface area contributed by atoms with Gasteiger partial charge in [-0.25, -0.2) is 0 Å². The first-order valence-corrected chi connectivity index (χ1v) is 10.7. The Morgan fingerprint density at radius 2 is 2.00 bits per heavy atom. The maximum Gasteiger partial charge on any atom is 0.192 e. The summed E-state index contributed by atoms with van der Waals surface area (Å²) >= 11 is 6.78. The minimum absolute atomic E-state index is 0.000972. The highest BCUT2D eigenvalue weighted by Gasteiger charge is 2.39. The molecule has 0 bridgehead atoms. The summed E-state index contributed by atoms with van der Waals surface area (Å²) in [5, 5.41) is 3.70. The molecule has 1 aliphatic heterocycles. The van der Waals surface area contributed by atoms with Crippen LogP contribution in [0, 0.1) is 0 Å². The smallest absolute Gasteiger partial charge is 0.192 e. The summed E-state index contributed by atoms with van der Waals surface area (Å²) in [6.45, 7) is 14.4. The van der Waals surface area contributed by atoms with E-state index in [9.17, 15) is 0 Å². The second-order valence-corrected chi connectivity index (χ2v) is 13.8. The lowest BCUT2D eigenvalue weighted by atomic mass is 10.2. The molecule has 0 aromatic rings. The standard InChI is InChI=1S/C12H27NOS2Si/c1-11(2,3)17(4,5)14-10-12(15)6-7-13-8-9-16-12/h13,15H,6-10H2,1-5H3/t12-/m0/s1. The van der Waals surface area contributed by atoms with Crippen molar-refractivity contribution in [2.45, 2.75) is 49.4 Å². The van der Waals surface area contributed by atoms with E-state index in [1.165, 1.54) is 0 Å². The Bertz CT molecular complexity index is 245. The first-order valence-electron chi connectivity index (χ1n) is 6.37. The minimum atomic E-state index is -1.63. The van der Waals surface area contributed by atoms with Crippen molar-refractivity contribution in [1.29, 1.82) is 0 Å². The Hall–Kier alpha value is 0.837. The Kier molecular flexibility index (Phi) is 5.48. The third-order valence-corrected chi connectivity index (χ3v) is 10.3. The molecular formula is C12H27NOS2Si. The largest absolute Gasteiger partial charge is 0.415 e. The van der Waals surface area contributed by atoms with Gasteiger partial charge >= 0.3 is 0 Å². The van der Waals surface area contributed by atoms with E-state index in [0.717, 1.165) is 31.9 Å². The Balaban J connectivity index is 2.53. The van der Waals surface area contributed by atoms with Gasteiger partial charge in [-0.3, -0.25) is 0 Å². The fourth-order valence-electron chi connectivity index (χ4n) is 1.42. The molecule has 1 N–H and O–H groups in total. The Labute approximate surface area is 117 Å². The van der Waals surface area contributed by atoms with Gasteiger partial charge in [-0.05, 0) is 31.1 Å². The molecule has 0 amide bonds. The molecule has 1 atom stereocenters. The third-order valence-electron chi connectivity index (χ3n) is 3.81. The molecule has 102 valence electrons. The lowest BCUT2D eigenvalue weighted by molar-refractivity contribution is 0.275. The van der Waals surface area contributed by atoms with Gasteiger partial charge in [0.15, 0.2) is 8.32 Å². The molecule has 17 heavy (non-hydrogen) atoms. The molecule has 0 aliphatic carbocycles. The monoisotopic (exact) mass is 293 g/mol. The number of hydrogen-bond donors (Lipinski definition) is 2. The van der Waals surface area contributed by atoms with Gasteiger partial charge in [-0.1, -0.05) is 20.8 Å². The van der Waals surface area contributed by atoms with Gasteiger partial charge in [0.25, 0.3) is 0 Å². The molecular weight excluding hydrogens is 266 g/mol. The van der Waals surface area contributed by atoms with Gasteiger partial charge in [0.2, 0.25) is 0 Å². The molecule has 0 aromatic carbocycles. The highest BCUT2D eigenvalue weighted by molar-refractivity contribution is 8.11. The highest BCUT2D eigenvalue weighted by Crippen LogP contribution is 2.40. The van der Waals surface area contributed by atoms with E-state index in [1.54, 1.807) is 0 Å². The third kappa shape index (κ3) is 4.78. The van der Waals surface area contributed by atoms with E-state index in [0.29, 0.717) is 0 Å². The van der Waals surface area contributed by atoms with Crippen molar-refractivity contribution in [1.82, 2.24) is 5.32 Å². The second kappa shape index (κ2) is 5.86. The molecule has 1 heterocycles. The van der Waals surface area contributed by atoms with Crippen LogP contribution in [-0.4, -0.2) is 37.8 Å². The van der Waals surface area contributed by atoms with E-state index in [4.69, 9.17) is 17.1 Å². The number of thiol groups is 1. The van der Waals surface area contributed by atoms with Crippen LogP contribution in [0.4, 0.5) is 0 Å². The molecule has 1 saturated heterocycles. The van der Waals surface area contributed by atoms with Crippen molar-refractivity contribution >= 4 is 32.7 Å². The molecule has 0 spiro atoms. The first kappa shape index (κ1) is 15.9. The quantitative estimate of drug-likeness (QED) is 0.615. The van der Waals surface area contributed by atoms with Crippen LogP contribution in [0.15, 0.2) is 0 Å². The number of nitrogens with one attached hydrogen (secondary N) is 1. The second-order valence-electron chi connectivity index (χ2n) is 6.34. The van der Waals surface area contributed by atoms with E-state index in [1.807, 2.05) is 11.8 Å². The maximum atomic E-state index is 6.31. The lowest BCUT2D eigenvalue weighted by Crippen LogP contribution is -2.44. The van der Waals surface area contributed by atoms with Crippen LogP contribution in [0.2, 0.25) is 18.1 Å². The molecule has 2 nitrogen and oxygen atoms in total. The lowest BCUT2D eigenvalue weighted by Gasteiger charge is -2.39. The van der Waals surface area contributed by atoms with Gasteiger partial charge in [-0.15, -0.1) is 11.8 Å². The van der Waals surface area contributed by atoms with Crippen molar-refractivity contribution < 1.29 is 4.43 Å². The summed E-state index contributed by atoms with van der Waals surface area (Å²) in [5.41, 5.74) is 0. The zero-order valence-electron chi connectivity index (χ0n) is 11.8. The minimum Gasteiger partial charge on any atom is -0.415 e. The van der Waals surface area contributed by atoms with Crippen LogP contribution < -0.4 is 5.32 Å². The van der Waals surface area contributed by atoms with Crippen LogP contribution in [-0.2, 0) is 4.43 Å². The van der Waals surface area contributed by atoms with Crippen LogP contribution in [0.1, 0.15) is 27.2 Å². The van der Waals surface area contributed by atoms with Gasteiger partial charge in [0, 0.05) is 12.3 Å². The van der Waals surface area contributed by atoms with Gasteiger partial charge in [0.05, 0.1) is 10.7 Å². The maximum absolute atomic E-state index is 6.31. The van der Waals surface area contributed by atoms with Crippen molar-refractivity contribution in [3.63, 3.8) is 0 Å². The molecule has 0 unspecified atom stereocenters. The van der Waals surface area contributed by atoms with Crippen LogP contribution in [0.3, 0.4) is 0 Å². The van der Waals surface area contributed by atoms with E-state index in [2.05, 4.69) is 39.2 Å². The summed E-state index contributed by atoms with van der Waals surface area (Å²) in [5.74, 6) is 1.13. The van der Waals surface area contributed by atoms with E-state index in [-0.39, 0.29) is 9.12 Å². The molecule has 0 aromatic heterocycles.